The molecule has 4 nitrogen and oxygen atoms in total. The van der Waals surface area contributed by atoms with Crippen LogP contribution in [-0.2, 0) is 9.53 Å². The summed E-state index contributed by atoms with van der Waals surface area (Å²) in [6.45, 7) is 8.25. The molecule has 0 saturated carbocycles. The summed E-state index contributed by atoms with van der Waals surface area (Å²) in [7, 11) is 0. The Morgan fingerprint density at radius 2 is 2.24 bits per heavy atom. The summed E-state index contributed by atoms with van der Waals surface area (Å²) >= 11 is 0. The SMILES string of the molecule is CCOC(C)(C)CNC(=O)CC1CCCCN1. The summed E-state index contributed by atoms with van der Waals surface area (Å²) in [5.74, 6) is 0.122. The molecule has 1 amide bonds. The largest absolute Gasteiger partial charge is 0.374 e. The van der Waals surface area contributed by atoms with E-state index in [1.807, 2.05) is 20.8 Å². The minimum Gasteiger partial charge on any atom is -0.374 e. The first-order valence-corrected chi connectivity index (χ1v) is 6.67. The van der Waals surface area contributed by atoms with Crippen molar-refractivity contribution < 1.29 is 9.53 Å². The Morgan fingerprint density at radius 1 is 1.47 bits per heavy atom. The van der Waals surface area contributed by atoms with Gasteiger partial charge in [-0.3, -0.25) is 4.79 Å². The normalized spacial score (nSPS) is 21.2. The molecule has 0 aliphatic carbocycles. The molecule has 0 aromatic carbocycles. The lowest BCUT2D eigenvalue weighted by molar-refractivity contribution is -0.123. The average molecular weight is 242 g/mol. The highest BCUT2D eigenvalue weighted by Gasteiger charge is 2.20. The van der Waals surface area contributed by atoms with Gasteiger partial charge >= 0.3 is 0 Å². The molecule has 1 rings (SSSR count). The zero-order valence-corrected chi connectivity index (χ0v) is 11.3. The van der Waals surface area contributed by atoms with Gasteiger partial charge in [0.05, 0.1) is 5.60 Å². The number of ether oxygens (including phenoxy) is 1. The standard InChI is InChI=1S/C13H26N2O2/c1-4-17-13(2,3)10-15-12(16)9-11-7-5-6-8-14-11/h11,14H,4-10H2,1-3H3,(H,15,16). The van der Waals surface area contributed by atoms with E-state index in [-0.39, 0.29) is 11.5 Å². The number of carbonyl (C=O) groups is 1. The van der Waals surface area contributed by atoms with Crippen LogP contribution >= 0.6 is 0 Å². The average Bonchev–Trinajstić information content (AvgIpc) is 2.28. The highest BCUT2D eigenvalue weighted by Crippen LogP contribution is 2.11. The van der Waals surface area contributed by atoms with Crippen molar-refractivity contribution in [1.29, 1.82) is 0 Å². The second kappa shape index (κ2) is 6.97. The first kappa shape index (κ1) is 14.5. The number of piperidine rings is 1. The molecule has 1 aliphatic heterocycles. The lowest BCUT2D eigenvalue weighted by atomic mass is 10.0. The number of carbonyl (C=O) groups excluding carboxylic acids is 1. The van der Waals surface area contributed by atoms with Crippen LogP contribution in [0.3, 0.4) is 0 Å². The predicted octanol–water partition coefficient (Wildman–Crippen LogP) is 1.45. The van der Waals surface area contributed by atoms with Gasteiger partial charge in [0.15, 0.2) is 0 Å². The third-order valence-corrected chi connectivity index (χ3v) is 3.09. The summed E-state index contributed by atoms with van der Waals surface area (Å²) in [6, 6.07) is 0.360. The molecule has 0 aromatic rings. The molecule has 4 heteroatoms. The highest BCUT2D eigenvalue weighted by atomic mass is 16.5. The third-order valence-electron chi connectivity index (χ3n) is 3.09. The quantitative estimate of drug-likeness (QED) is 0.741. The fraction of sp³-hybridized carbons (Fsp3) is 0.923. The van der Waals surface area contributed by atoms with Crippen molar-refractivity contribution in [2.24, 2.45) is 0 Å². The molecule has 1 saturated heterocycles. The molecule has 0 radical (unpaired) electrons. The van der Waals surface area contributed by atoms with Crippen LogP contribution in [0.5, 0.6) is 0 Å². The van der Waals surface area contributed by atoms with Crippen LogP contribution in [0.25, 0.3) is 0 Å². The van der Waals surface area contributed by atoms with Crippen LogP contribution in [0, 0.1) is 0 Å². The van der Waals surface area contributed by atoms with Gasteiger partial charge in [-0.25, -0.2) is 0 Å². The molecule has 1 atom stereocenters. The molecule has 1 fully saturated rings. The summed E-state index contributed by atoms with van der Waals surface area (Å²) < 4.78 is 5.54. The number of rotatable bonds is 6. The van der Waals surface area contributed by atoms with E-state index in [4.69, 9.17) is 4.74 Å². The van der Waals surface area contributed by atoms with Gasteiger partial charge in [0.2, 0.25) is 5.91 Å². The van der Waals surface area contributed by atoms with Crippen LogP contribution < -0.4 is 10.6 Å². The Kier molecular flexibility index (Phi) is 5.92. The van der Waals surface area contributed by atoms with Crippen LogP contribution in [0.2, 0.25) is 0 Å². The second-order valence-corrected chi connectivity index (χ2v) is 5.32. The minimum atomic E-state index is -0.273. The van der Waals surface area contributed by atoms with Crippen molar-refractivity contribution in [1.82, 2.24) is 10.6 Å². The number of hydrogen-bond donors (Lipinski definition) is 2. The Balaban J connectivity index is 2.20. The highest BCUT2D eigenvalue weighted by molar-refractivity contribution is 5.76. The first-order chi connectivity index (χ1) is 8.03. The maximum Gasteiger partial charge on any atom is 0.221 e. The maximum absolute atomic E-state index is 11.8. The molecule has 2 N–H and O–H groups in total. The topological polar surface area (TPSA) is 50.4 Å². The molecule has 1 unspecified atom stereocenters. The van der Waals surface area contributed by atoms with Crippen molar-refractivity contribution in [3.8, 4) is 0 Å². The Hall–Kier alpha value is -0.610. The fourth-order valence-corrected chi connectivity index (χ4v) is 2.15. The Labute approximate surface area is 104 Å². The van der Waals surface area contributed by atoms with E-state index in [9.17, 15) is 4.79 Å². The first-order valence-electron chi connectivity index (χ1n) is 6.67. The van der Waals surface area contributed by atoms with Crippen LogP contribution in [0.1, 0.15) is 46.5 Å². The summed E-state index contributed by atoms with van der Waals surface area (Å²) in [6.07, 6.45) is 4.16. The van der Waals surface area contributed by atoms with Crippen LogP contribution in [-0.4, -0.2) is 37.2 Å². The minimum absolute atomic E-state index is 0.122. The summed E-state index contributed by atoms with van der Waals surface area (Å²) in [4.78, 5) is 11.8. The van der Waals surface area contributed by atoms with Crippen LogP contribution in [0.4, 0.5) is 0 Å². The van der Waals surface area contributed by atoms with E-state index in [2.05, 4.69) is 10.6 Å². The number of amides is 1. The number of hydrogen-bond acceptors (Lipinski definition) is 3. The maximum atomic E-state index is 11.8. The van der Waals surface area contributed by atoms with E-state index in [0.29, 0.717) is 25.6 Å². The zero-order valence-electron chi connectivity index (χ0n) is 11.3. The molecule has 17 heavy (non-hydrogen) atoms. The van der Waals surface area contributed by atoms with E-state index >= 15 is 0 Å². The Morgan fingerprint density at radius 3 is 2.82 bits per heavy atom. The zero-order chi connectivity index (χ0) is 12.7. The summed E-state index contributed by atoms with van der Waals surface area (Å²) in [5.41, 5.74) is -0.273. The predicted molar refractivity (Wildman–Crippen MR) is 69.0 cm³/mol. The molecule has 0 aromatic heterocycles. The smallest absolute Gasteiger partial charge is 0.221 e. The van der Waals surface area contributed by atoms with Gasteiger partial charge in [0.1, 0.15) is 0 Å². The molecule has 0 spiro atoms. The van der Waals surface area contributed by atoms with Gasteiger partial charge in [0, 0.05) is 25.6 Å². The molecule has 0 bridgehead atoms. The van der Waals surface area contributed by atoms with E-state index < -0.39 is 0 Å². The van der Waals surface area contributed by atoms with Crippen molar-refractivity contribution >= 4 is 5.91 Å². The molecule has 1 heterocycles. The molecular weight excluding hydrogens is 216 g/mol. The molecule has 100 valence electrons. The third kappa shape index (κ3) is 6.03. The fourth-order valence-electron chi connectivity index (χ4n) is 2.15. The summed E-state index contributed by atoms with van der Waals surface area (Å²) in [5, 5.41) is 6.33. The van der Waals surface area contributed by atoms with Crippen molar-refractivity contribution in [2.75, 3.05) is 19.7 Å². The van der Waals surface area contributed by atoms with Crippen molar-refractivity contribution in [2.45, 2.75) is 58.1 Å². The van der Waals surface area contributed by atoms with Gasteiger partial charge in [-0.05, 0) is 40.2 Å². The van der Waals surface area contributed by atoms with Gasteiger partial charge in [-0.1, -0.05) is 6.42 Å². The van der Waals surface area contributed by atoms with E-state index in [0.717, 1.165) is 13.0 Å². The van der Waals surface area contributed by atoms with Crippen molar-refractivity contribution in [3.05, 3.63) is 0 Å². The lowest BCUT2D eigenvalue weighted by Crippen LogP contribution is -2.43. The van der Waals surface area contributed by atoms with Crippen molar-refractivity contribution in [3.63, 3.8) is 0 Å². The number of nitrogens with one attached hydrogen (secondary N) is 2. The van der Waals surface area contributed by atoms with Crippen LogP contribution in [0.15, 0.2) is 0 Å². The molecule has 1 aliphatic rings. The van der Waals surface area contributed by atoms with Gasteiger partial charge in [-0.2, -0.15) is 0 Å². The molecular formula is C13H26N2O2. The Bertz CT molecular complexity index is 236. The monoisotopic (exact) mass is 242 g/mol. The van der Waals surface area contributed by atoms with Gasteiger partial charge in [0.25, 0.3) is 0 Å². The van der Waals surface area contributed by atoms with E-state index in [1.165, 1.54) is 12.8 Å². The lowest BCUT2D eigenvalue weighted by Gasteiger charge is -2.26. The second-order valence-electron chi connectivity index (χ2n) is 5.32. The van der Waals surface area contributed by atoms with E-state index in [1.54, 1.807) is 0 Å². The van der Waals surface area contributed by atoms with Gasteiger partial charge < -0.3 is 15.4 Å². The van der Waals surface area contributed by atoms with Gasteiger partial charge in [-0.15, -0.1) is 0 Å².